The van der Waals surface area contributed by atoms with Gasteiger partial charge in [0, 0.05) is 5.56 Å². The van der Waals surface area contributed by atoms with Crippen LogP contribution in [0.1, 0.15) is 12.5 Å². The van der Waals surface area contributed by atoms with E-state index in [2.05, 4.69) is 9.99 Å². The van der Waals surface area contributed by atoms with Crippen LogP contribution >= 0.6 is 0 Å². The van der Waals surface area contributed by atoms with Crippen LogP contribution < -0.4 is 14.6 Å². The van der Waals surface area contributed by atoms with Gasteiger partial charge in [-0.3, -0.25) is 0 Å². The molecule has 0 radical (unpaired) electrons. The van der Waals surface area contributed by atoms with Gasteiger partial charge in [-0.15, -0.1) is 0 Å². The van der Waals surface area contributed by atoms with E-state index in [0.29, 0.717) is 17.2 Å². The molecule has 0 amide bonds. The first kappa shape index (κ1) is 11.3. The van der Waals surface area contributed by atoms with Crippen molar-refractivity contribution < 1.29 is 24.2 Å². The van der Waals surface area contributed by atoms with E-state index in [-0.39, 0.29) is 6.79 Å². The number of rotatable bonds is 4. The molecule has 0 aliphatic carbocycles. The van der Waals surface area contributed by atoms with Crippen LogP contribution in [-0.2, 0) is 9.63 Å². The second kappa shape index (κ2) is 4.73. The maximum atomic E-state index is 10.1. The monoisotopic (exact) mass is 236 g/mol. The number of oxime groups is 1. The molecular formula is C11H10NO5-. The molecule has 0 saturated carbocycles. The molecule has 0 aromatic heterocycles. The molecule has 0 bridgehead atoms. The third kappa shape index (κ3) is 2.66. The number of carbonyl (C=O) groups is 1. The Morgan fingerprint density at radius 1 is 1.47 bits per heavy atom. The van der Waals surface area contributed by atoms with Crippen molar-refractivity contribution in [3.05, 3.63) is 23.8 Å². The van der Waals surface area contributed by atoms with Crippen LogP contribution in [0.15, 0.2) is 23.4 Å². The normalized spacial score (nSPS) is 13.6. The van der Waals surface area contributed by atoms with Gasteiger partial charge in [0.1, 0.15) is 0 Å². The highest BCUT2D eigenvalue weighted by molar-refractivity contribution is 5.98. The molecule has 90 valence electrons. The maximum absolute atomic E-state index is 10.1. The van der Waals surface area contributed by atoms with Crippen LogP contribution in [0.5, 0.6) is 11.5 Å². The van der Waals surface area contributed by atoms with E-state index >= 15 is 0 Å². The molecule has 1 aromatic rings. The quantitative estimate of drug-likeness (QED) is 0.539. The third-order valence-electron chi connectivity index (χ3n) is 2.17. The van der Waals surface area contributed by atoms with E-state index in [1.807, 2.05) is 0 Å². The predicted octanol–water partition coefficient (Wildman–Crippen LogP) is -0.0942. The Labute approximate surface area is 97.4 Å². The predicted molar refractivity (Wildman–Crippen MR) is 55.7 cm³/mol. The highest BCUT2D eigenvalue weighted by Gasteiger charge is 2.14. The van der Waals surface area contributed by atoms with Gasteiger partial charge in [0.2, 0.25) is 6.79 Å². The molecule has 1 heterocycles. The Balaban J connectivity index is 2.08. The molecule has 0 unspecified atom stereocenters. The standard InChI is InChI=1S/C11H11NO5/c1-7(12-17-5-11(13)14)8-2-3-9-10(4-8)16-6-15-9/h2-4H,5-6H2,1H3,(H,13,14)/p-1. The minimum Gasteiger partial charge on any atom is -0.546 e. The number of carboxylic acid groups (broad SMARTS) is 1. The van der Waals surface area contributed by atoms with Gasteiger partial charge in [-0.2, -0.15) is 0 Å². The van der Waals surface area contributed by atoms with Crippen molar-refractivity contribution in [1.82, 2.24) is 0 Å². The minimum absolute atomic E-state index is 0.205. The fourth-order valence-corrected chi connectivity index (χ4v) is 1.36. The summed E-state index contributed by atoms with van der Waals surface area (Å²) in [5, 5.41) is 13.8. The second-order valence-corrected chi connectivity index (χ2v) is 3.39. The second-order valence-electron chi connectivity index (χ2n) is 3.39. The number of carbonyl (C=O) groups excluding carboxylic acids is 1. The van der Waals surface area contributed by atoms with Gasteiger partial charge in [0.05, 0.1) is 11.7 Å². The van der Waals surface area contributed by atoms with Crippen molar-refractivity contribution in [2.24, 2.45) is 5.16 Å². The summed E-state index contributed by atoms with van der Waals surface area (Å²) in [6, 6.07) is 5.30. The largest absolute Gasteiger partial charge is 0.546 e. The lowest BCUT2D eigenvalue weighted by Gasteiger charge is -2.04. The van der Waals surface area contributed by atoms with Gasteiger partial charge in [-0.1, -0.05) is 5.16 Å². The van der Waals surface area contributed by atoms with E-state index < -0.39 is 12.6 Å². The number of aliphatic carboxylic acids is 1. The van der Waals surface area contributed by atoms with Crippen LogP contribution in [0.25, 0.3) is 0 Å². The lowest BCUT2D eigenvalue weighted by Crippen LogP contribution is -2.26. The number of ether oxygens (including phenoxy) is 2. The Kier molecular flexibility index (Phi) is 3.13. The summed E-state index contributed by atoms with van der Waals surface area (Å²) in [4.78, 5) is 14.7. The maximum Gasteiger partial charge on any atom is 0.231 e. The lowest BCUT2D eigenvalue weighted by atomic mass is 10.1. The molecular weight excluding hydrogens is 226 g/mol. The summed E-state index contributed by atoms with van der Waals surface area (Å²) in [7, 11) is 0. The molecule has 1 aliphatic heterocycles. The molecule has 0 atom stereocenters. The number of hydrogen-bond donors (Lipinski definition) is 0. The third-order valence-corrected chi connectivity index (χ3v) is 2.17. The molecule has 17 heavy (non-hydrogen) atoms. The Bertz CT molecular complexity index is 469. The van der Waals surface area contributed by atoms with Gasteiger partial charge < -0.3 is 24.2 Å². The Hall–Kier alpha value is -2.24. The van der Waals surface area contributed by atoms with E-state index in [1.165, 1.54) is 0 Å². The molecule has 1 aromatic carbocycles. The summed E-state index contributed by atoms with van der Waals surface area (Å²) in [5.41, 5.74) is 1.32. The smallest absolute Gasteiger partial charge is 0.231 e. The van der Waals surface area contributed by atoms with Crippen LogP contribution in [-0.4, -0.2) is 25.1 Å². The van der Waals surface area contributed by atoms with Crippen LogP contribution in [0.3, 0.4) is 0 Å². The summed E-state index contributed by atoms with van der Waals surface area (Å²) >= 11 is 0. The summed E-state index contributed by atoms with van der Waals surface area (Å²) in [6.45, 7) is 1.34. The first-order valence-electron chi connectivity index (χ1n) is 4.93. The van der Waals surface area contributed by atoms with E-state index in [0.717, 1.165) is 5.56 Å². The fourth-order valence-electron chi connectivity index (χ4n) is 1.36. The van der Waals surface area contributed by atoms with E-state index in [4.69, 9.17) is 9.47 Å². The topological polar surface area (TPSA) is 80.2 Å². The van der Waals surface area contributed by atoms with Crippen LogP contribution in [0.4, 0.5) is 0 Å². The van der Waals surface area contributed by atoms with Crippen molar-refractivity contribution in [2.45, 2.75) is 6.92 Å². The Morgan fingerprint density at radius 2 is 2.24 bits per heavy atom. The molecule has 0 fully saturated rings. The Morgan fingerprint density at radius 3 is 3.00 bits per heavy atom. The first-order valence-corrected chi connectivity index (χ1v) is 4.93. The molecule has 6 heteroatoms. The van der Waals surface area contributed by atoms with Crippen molar-refractivity contribution in [3.8, 4) is 11.5 Å². The number of hydrogen-bond acceptors (Lipinski definition) is 6. The number of fused-ring (bicyclic) bond motifs is 1. The zero-order chi connectivity index (χ0) is 12.3. The highest BCUT2D eigenvalue weighted by Crippen LogP contribution is 2.32. The molecule has 0 N–H and O–H groups in total. The van der Waals surface area contributed by atoms with Gasteiger partial charge >= 0.3 is 0 Å². The minimum atomic E-state index is -1.31. The molecule has 2 rings (SSSR count). The molecule has 1 aliphatic rings. The average molecular weight is 236 g/mol. The summed E-state index contributed by atoms with van der Waals surface area (Å²) < 4.78 is 10.4. The molecule has 0 saturated heterocycles. The van der Waals surface area contributed by atoms with Gasteiger partial charge in [0.15, 0.2) is 18.1 Å². The summed E-state index contributed by atoms with van der Waals surface area (Å²) in [6.07, 6.45) is 0. The zero-order valence-electron chi connectivity index (χ0n) is 9.13. The molecule has 6 nitrogen and oxygen atoms in total. The van der Waals surface area contributed by atoms with Gasteiger partial charge in [0.25, 0.3) is 0 Å². The van der Waals surface area contributed by atoms with E-state index in [9.17, 15) is 9.90 Å². The van der Waals surface area contributed by atoms with Crippen molar-refractivity contribution in [3.63, 3.8) is 0 Å². The number of benzene rings is 1. The van der Waals surface area contributed by atoms with Crippen molar-refractivity contribution in [2.75, 3.05) is 13.4 Å². The molecule has 0 spiro atoms. The van der Waals surface area contributed by atoms with Crippen molar-refractivity contribution >= 4 is 11.7 Å². The van der Waals surface area contributed by atoms with E-state index in [1.54, 1.807) is 25.1 Å². The SMILES string of the molecule is CC(=NOCC(=O)[O-])c1ccc2c(c1)OCO2. The van der Waals surface area contributed by atoms with Gasteiger partial charge in [-0.25, -0.2) is 0 Å². The fraction of sp³-hybridized carbons (Fsp3) is 0.273. The average Bonchev–Trinajstić information content (AvgIpc) is 2.75. The van der Waals surface area contributed by atoms with Gasteiger partial charge in [-0.05, 0) is 25.1 Å². The summed E-state index contributed by atoms with van der Waals surface area (Å²) in [5.74, 6) is 0.00129. The number of nitrogens with zero attached hydrogens (tertiary/aromatic N) is 1. The van der Waals surface area contributed by atoms with Crippen LogP contribution in [0.2, 0.25) is 0 Å². The zero-order valence-corrected chi connectivity index (χ0v) is 9.13. The van der Waals surface area contributed by atoms with Crippen molar-refractivity contribution in [1.29, 1.82) is 0 Å². The lowest BCUT2D eigenvalue weighted by molar-refractivity contribution is -0.309. The van der Waals surface area contributed by atoms with Crippen LogP contribution in [0, 0.1) is 0 Å². The highest BCUT2D eigenvalue weighted by atomic mass is 16.7. The number of carboxylic acids is 1. The first-order chi connectivity index (χ1) is 8.16.